The van der Waals surface area contributed by atoms with Crippen molar-refractivity contribution in [2.45, 2.75) is 115 Å². The number of allylic oxidation sites excluding steroid dienone is 2. The van der Waals surface area contributed by atoms with Gasteiger partial charge in [0.05, 0.1) is 0 Å². The first-order chi connectivity index (χ1) is 19.9. The van der Waals surface area contributed by atoms with Crippen LogP contribution in [0, 0.1) is 22.7 Å². The van der Waals surface area contributed by atoms with Gasteiger partial charge in [0.25, 0.3) is 0 Å². The second kappa shape index (κ2) is 9.88. The van der Waals surface area contributed by atoms with E-state index >= 15 is 0 Å². The molecule has 4 aliphatic carbocycles. The minimum Gasteiger partial charge on any atom is -0.454 e. The average Bonchev–Trinajstić information content (AvgIpc) is 3.33. The van der Waals surface area contributed by atoms with Crippen LogP contribution < -0.4 is 0 Å². The third-order valence-electron chi connectivity index (χ3n) is 13.0. The summed E-state index contributed by atoms with van der Waals surface area (Å²) in [6.45, 7) is 12.8. The van der Waals surface area contributed by atoms with Crippen LogP contribution >= 0.6 is 0 Å². The molecule has 232 valence electrons. The number of hydrogen-bond donors (Lipinski definition) is 2. The molecule has 0 radical (unpaired) electrons. The van der Waals surface area contributed by atoms with Crippen LogP contribution in [0.5, 0.6) is 0 Å². The molecule has 3 aliphatic heterocycles. The second-order valence-corrected chi connectivity index (χ2v) is 15.5. The number of rotatable bonds is 4. The molecule has 8 nitrogen and oxygen atoms in total. The van der Waals surface area contributed by atoms with Crippen LogP contribution in [0.1, 0.15) is 91.9 Å². The first kappa shape index (κ1) is 29.0. The molecule has 2 saturated carbocycles. The van der Waals surface area contributed by atoms with Gasteiger partial charge in [0.2, 0.25) is 0 Å². The van der Waals surface area contributed by atoms with Gasteiger partial charge in [-0.2, -0.15) is 0 Å². The molecule has 5 fully saturated rings. The Labute approximate surface area is 250 Å². The molecule has 4 unspecified atom stereocenters. The van der Waals surface area contributed by atoms with Gasteiger partial charge >= 0.3 is 11.9 Å². The molecule has 3 heterocycles. The predicted octanol–water partition coefficient (Wildman–Crippen LogP) is 3.75. The van der Waals surface area contributed by atoms with Crippen LogP contribution in [0.4, 0.5) is 0 Å². The lowest BCUT2D eigenvalue weighted by Crippen LogP contribution is -2.58. The number of hydrogen-bond acceptors (Lipinski definition) is 8. The molecule has 2 N–H and O–H groups in total. The topological polar surface area (TPSA) is 99.5 Å². The predicted molar refractivity (Wildman–Crippen MR) is 157 cm³/mol. The fourth-order valence-electron chi connectivity index (χ4n) is 10.3. The van der Waals surface area contributed by atoms with E-state index in [1.165, 1.54) is 22.3 Å². The van der Waals surface area contributed by atoms with Gasteiger partial charge in [-0.05, 0) is 100 Å². The molecule has 0 aromatic heterocycles. The van der Waals surface area contributed by atoms with Crippen molar-refractivity contribution in [2.75, 3.05) is 39.3 Å². The SMILES string of the molecule is CC1=C2[C@@H]3OC(=O)C(CN4CCN(CC5C(=O)O[C@H]6C7=C(C)CCC[C@]7(C)CCC56O)CC4)C3(O)CC[C@]2(C)CCC1. The van der Waals surface area contributed by atoms with Crippen molar-refractivity contribution < 1.29 is 29.3 Å². The quantitative estimate of drug-likeness (QED) is 0.382. The summed E-state index contributed by atoms with van der Waals surface area (Å²) in [5.74, 6) is -1.62. The first-order valence-corrected chi connectivity index (χ1v) is 16.6. The summed E-state index contributed by atoms with van der Waals surface area (Å²) < 4.78 is 12.0. The zero-order valence-electron chi connectivity index (χ0n) is 26.0. The van der Waals surface area contributed by atoms with Crippen molar-refractivity contribution in [1.82, 2.24) is 9.80 Å². The highest BCUT2D eigenvalue weighted by molar-refractivity contribution is 5.79. The molecule has 0 aromatic rings. The van der Waals surface area contributed by atoms with Crippen LogP contribution in [0.25, 0.3) is 0 Å². The highest BCUT2D eigenvalue weighted by Gasteiger charge is 2.64. The summed E-state index contributed by atoms with van der Waals surface area (Å²) >= 11 is 0. The number of aliphatic hydroxyl groups is 2. The van der Waals surface area contributed by atoms with Gasteiger partial charge in [0.1, 0.15) is 23.0 Å². The zero-order chi connectivity index (χ0) is 29.7. The Kier molecular flexibility index (Phi) is 6.82. The van der Waals surface area contributed by atoms with E-state index in [4.69, 9.17) is 9.47 Å². The normalized spacial score (nSPS) is 46.1. The van der Waals surface area contributed by atoms with Gasteiger partial charge in [-0.1, -0.05) is 25.0 Å². The summed E-state index contributed by atoms with van der Waals surface area (Å²) in [7, 11) is 0. The maximum atomic E-state index is 13.2. The Morgan fingerprint density at radius 3 is 1.43 bits per heavy atom. The Morgan fingerprint density at radius 1 is 0.667 bits per heavy atom. The molecule has 8 heteroatoms. The van der Waals surface area contributed by atoms with Gasteiger partial charge in [-0.25, -0.2) is 0 Å². The monoisotopic (exact) mass is 582 g/mol. The van der Waals surface area contributed by atoms with Crippen molar-refractivity contribution in [3.63, 3.8) is 0 Å². The van der Waals surface area contributed by atoms with E-state index in [9.17, 15) is 19.8 Å². The Morgan fingerprint density at radius 2 is 1.05 bits per heavy atom. The van der Waals surface area contributed by atoms with Gasteiger partial charge in [-0.15, -0.1) is 0 Å². The Hall–Kier alpha value is -1.74. The smallest absolute Gasteiger partial charge is 0.314 e. The minimum atomic E-state index is -1.14. The number of carbonyl (C=O) groups excluding carboxylic acids is 2. The average molecular weight is 583 g/mol. The zero-order valence-corrected chi connectivity index (χ0v) is 26.0. The number of ether oxygens (including phenoxy) is 2. The number of carbonyl (C=O) groups is 2. The summed E-state index contributed by atoms with van der Waals surface area (Å²) in [4.78, 5) is 31.0. The van der Waals surface area contributed by atoms with Gasteiger partial charge in [0.15, 0.2) is 12.2 Å². The number of fused-ring (bicyclic) bond motifs is 6. The van der Waals surface area contributed by atoms with E-state index in [-0.39, 0.29) is 22.8 Å². The number of nitrogens with zero attached hydrogens (tertiary/aromatic N) is 2. The highest BCUT2D eigenvalue weighted by atomic mass is 16.6. The van der Waals surface area contributed by atoms with Crippen LogP contribution in [0.3, 0.4) is 0 Å². The van der Waals surface area contributed by atoms with Crippen LogP contribution in [-0.2, 0) is 19.1 Å². The Balaban J connectivity index is 1.00. The molecular formula is C34H50N2O6. The molecule has 3 saturated heterocycles. The third kappa shape index (κ3) is 4.21. The summed E-state index contributed by atoms with van der Waals surface area (Å²) in [6.07, 6.45) is 8.49. The molecule has 0 spiro atoms. The molecule has 0 bridgehead atoms. The van der Waals surface area contributed by atoms with Crippen LogP contribution in [0.2, 0.25) is 0 Å². The maximum Gasteiger partial charge on any atom is 0.314 e. The fraction of sp³-hybridized carbons (Fsp3) is 0.824. The van der Waals surface area contributed by atoms with Crippen LogP contribution in [0.15, 0.2) is 22.3 Å². The van der Waals surface area contributed by atoms with E-state index < -0.39 is 35.2 Å². The lowest BCUT2D eigenvalue weighted by molar-refractivity contribution is -0.145. The summed E-state index contributed by atoms with van der Waals surface area (Å²) in [5.41, 5.74) is 2.71. The lowest BCUT2D eigenvalue weighted by Gasteiger charge is -2.50. The van der Waals surface area contributed by atoms with Gasteiger partial charge in [0, 0.05) is 39.3 Å². The lowest BCUT2D eigenvalue weighted by atomic mass is 9.58. The molecule has 8 atom stereocenters. The highest BCUT2D eigenvalue weighted by Crippen LogP contribution is 2.58. The third-order valence-corrected chi connectivity index (χ3v) is 13.0. The van der Waals surface area contributed by atoms with Crippen molar-refractivity contribution >= 4 is 11.9 Å². The maximum absolute atomic E-state index is 13.2. The van der Waals surface area contributed by atoms with Gasteiger partial charge in [-0.3, -0.25) is 19.4 Å². The van der Waals surface area contributed by atoms with Crippen molar-refractivity contribution in [3.8, 4) is 0 Å². The van der Waals surface area contributed by atoms with Crippen molar-refractivity contribution in [1.29, 1.82) is 0 Å². The van der Waals surface area contributed by atoms with Gasteiger partial charge < -0.3 is 19.7 Å². The molecule has 7 rings (SSSR count). The number of esters is 2. The second-order valence-electron chi connectivity index (χ2n) is 15.5. The number of piperazine rings is 1. The molecule has 7 aliphatic rings. The standard InChI is InChI=1S/C34H50N2O6/c1-21-7-5-9-31(3)11-13-33(39)23(29(37)41-27(33)25(21)31)19-35-15-17-36(18-16-35)20-24-30(38)42-28-26-22(2)8-6-10-32(26,4)12-14-34(24,28)40/h23-24,27-28,39-40H,5-20H2,1-4H3/t23?,24?,27-,28-,31-,32+,33?,34?/m0/s1. The van der Waals surface area contributed by atoms with E-state index in [1.54, 1.807) is 0 Å². The first-order valence-electron chi connectivity index (χ1n) is 16.6. The molecular weight excluding hydrogens is 532 g/mol. The van der Waals surface area contributed by atoms with Crippen molar-refractivity contribution in [3.05, 3.63) is 22.3 Å². The Bertz CT molecular complexity index is 1140. The summed E-state index contributed by atoms with van der Waals surface area (Å²) in [6, 6.07) is 0. The van der Waals surface area contributed by atoms with E-state index in [1.807, 2.05) is 0 Å². The van der Waals surface area contributed by atoms with Crippen LogP contribution in [-0.4, -0.2) is 94.6 Å². The van der Waals surface area contributed by atoms with E-state index in [0.29, 0.717) is 25.9 Å². The largest absolute Gasteiger partial charge is 0.454 e. The van der Waals surface area contributed by atoms with E-state index in [2.05, 4.69) is 37.5 Å². The summed E-state index contributed by atoms with van der Waals surface area (Å²) in [5, 5.41) is 23.9. The fourth-order valence-corrected chi connectivity index (χ4v) is 10.3. The molecule has 0 amide bonds. The van der Waals surface area contributed by atoms with Crippen molar-refractivity contribution in [2.24, 2.45) is 22.7 Å². The van der Waals surface area contributed by atoms with E-state index in [0.717, 1.165) is 77.5 Å². The minimum absolute atomic E-state index is 0.0215. The molecule has 42 heavy (non-hydrogen) atoms. The molecule has 0 aromatic carbocycles.